The van der Waals surface area contributed by atoms with Crippen molar-refractivity contribution >= 4 is 50.8 Å². The molecule has 1 heteroatoms. The summed E-state index contributed by atoms with van der Waals surface area (Å²) in [5, 5.41) is 7.96. The first-order chi connectivity index (χ1) is 24.7. The van der Waals surface area contributed by atoms with Crippen molar-refractivity contribution in [3.8, 4) is 33.4 Å². The number of anilines is 3. The van der Waals surface area contributed by atoms with E-state index in [2.05, 4.69) is 200 Å². The summed E-state index contributed by atoms with van der Waals surface area (Å²) in [4.78, 5) is 2.37. The molecule has 1 aliphatic rings. The van der Waals surface area contributed by atoms with E-state index in [0.29, 0.717) is 5.92 Å². The van der Waals surface area contributed by atoms with Crippen LogP contribution in [0.5, 0.6) is 0 Å². The zero-order valence-electron chi connectivity index (χ0n) is 28.1. The summed E-state index contributed by atoms with van der Waals surface area (Å²) in [5.74, 6) is 0.504. The highest BCUT2D eigenvalue weighted by Gasteiger charge is 2.16. The zero-order valence-corrected chi connectivity index (χ0v) is 28.1. The van der Waals surface area contributed by atoms with Gasteiger partial charge in [0.25, 0.3) is 0 Å². The van der Waals surface area contributed by atoms with Crippen LogP contribution in [0.15, 0.2) is 176 Å². The molecule has 0 aliphatic heterocycles. The predicted molar refractivity (Wildman–Crippen MR) is 214 cm³/mol. The average Bonchev–Trinajstić information content (AvgIpc) is 3.19. The van der Waals surface area contributed by atoms with E-state index < -0.39 is 0 Å². The molecule has 1 unspecified atom stereocenters. The molecular formula is C49H37N. The van der Waals surface area contributed by atoms with Crippen LogP contribution in [0.2, 0.25) is 0 Å². The molecule has 0 saturated carbocycles. The van der Waals surface area contributed by atoms with E-state index in [4.69, 9.17) is 0 Å². The van der Waals surface area contributed by atoms with Crippen LogP contribution in [0.3, 0.4) is 0 Å². The highest BCUT2D eigenvalue weighted by Crippen LogP contribution is 2.38. The normalized spacial score (nSPS) is 13.7. The summed E-state index contributed by atoms with van der Waals surface area (Å²) < 4.78 is 0. The average molecular weight is 640 g/mol. The van der Waals surface area contributed by atoms with Crippen LogP contribution in [0.1, 0.15) is 13.3 Å². The zero-order chi connectivity index (χ0) is 33.4. The Balaban J connectivity index is 1.18. The Kier molecular flexibility index (Phi) is 7.59. The molecule has 1 aliphatic carbocycles. The Morgan fingerprint density at radius 3 is 1.74 bits per heavy atom. The maximum Gasteiger partial charge on any atom is 0.0467 e. The molecule has 0 radical (unpaired) electrons. The summed E-state index contributed by atoms with van der Waals surface area (Å²) in [6.45, 7) is 2.32. The second kappa shape index (κ2) is 12.7. The smallest absolute Gasteiger partial charge is 0.0467 e. The van der Waals surface area contributed by atoms with E-state index in [0.717, 1.165) is 23.5 Å². The molecule has 0 fully saturated rings. The SMILES string of the molecule is CC1C=c2c(-c3ccc(N(c4ccc(-c5ccccc5)cc4)c4cccc(-c5ccccc5)c4)cc3)cc3c(ccc4ccccc43)c2=CC1. The van der Waals surface area contributed by atoms with Gasteiger partial charge < -0.3 is 4.90 Å². The highest BCUT2D eigenvalue weighted by molar-refractivity contribution is 6.09. The van der Waals surface area contributed by atoms with Gasteiger partial charge in [-0.1, -0.05) is 153 Å². The lowest BCUT2D eigenvalue weighted by atomic mass is 9.88. The number of hydrogen-bond donors (Lipinski definition) is 0. The molecule has 0 bridgehead atoms. The van der Waals surface area contributed by atoms with Gasteiger partial charge in [-0.25, -0.2) is 0 Å². The quantitative estimate of drug-likeness (QED) is 0.164. The summed E-state index contributed by atoms with van der Waals surface area (Å²) in [6, 6.07) is 64.0. The molecule has 8 aromatic carbocycles. The molecule has 0 N–H and O–H groups in total. The van der Waals surface area contributed by atoms with E-state index in [-0.39, 0.29) is 0 Å². The molecular weight excluding hydrogens is 603 g/mol. The van der Waals surface area contributed by atoms with Gasteiger partial charge in [0.1, 0.15) is 0 Å². The fourth-order valence-corrected chi connectivity index (χ4v) is 7.62. The minimum absolute atomic E-state index is 0.504. The van der Waals surface area contributed by atoms with Crippen LogP contribution >= 0.6 is 0 Å². The van der Waals surface area contributed by atoms with Gasteiger partial charge in [0, 0.05) is 17.1 Å². The molecule has 0 heterocycles. The molecule has 0 aromatic heterocycles. The Hall–Kier alpha value is -6.18. The number of hydrogen-bond acceptors (Lipinski definition) is 1. The fourth-order valence-electron chi connectivity index (χ4n) is 7.62. The van der Waals surface area contributed by atoms with Gasteiger partial charge in [-0.15, -0.1) is 0 Å². The minimum Gasteiger partial charge on any atom is -0.310 e. The predicted octanol–water partition coefficient (Wildman–Crippen LogP) is 12.1. The number of benzene rings is 8. The first kappa shape index (κ1) is 29.9. The van der Waals surface area contributed by atoms with Crippen LogP contribution in [-0.2, 0) is 0 Å². The Bertz CT molecular complexity index is 2600. The van der Waals surface area contributed by atoms with E-state index in [1.807, 2.05) is 0 Å². The number of nitrogens with zero attached hydrogens (tertiary/aromatic N) is 1. The van der Waals surface area contributed by atoms with Crippen LogP contribution in [0, 0.1) is 5.92 Å². The maximum atomic E-state index is 2.48. The van der Waals surface area contributed by atoms with Crippen LogP contribution in [0.25, 0.3) is 67.1 Å². The lowest BCUT2D eigenvalue weighted by molar-refractivity contribution is 0.801. The van der Waals surface area contributed by atoms with E-state index in [9.17, 15) is 0 Å². The van der Waals surface area contributed by atoms with Crippen LogP contribution < -0.4 is 15.3 Å². The van der Waals surface area contributed by atoms with E-state index >= 15 is 0 Å². The van der Waals surface area contributed by atoms with Gasteiger partial charge in [-0.3, -0.25) is 0 Å². The van der Waals surface area contributed by atoms with Crippen molar-refractivity contribution in [1.29, 1.82) is 0 Å². The molecule has 8 aromatic rings. The number of fused-ring (bicyclic) bond motifs is 5. The first-order valence-electron chi connectivity index (χ1n) is 17.6. The van der Waals surface area contributed by atoms with Crippen molar-refractivity contribution < 1.29 is 0 Å². The third-order valence-corrected chi connectivity index (χ3v) is 10.2. The van der Waals surface area contributed by atoms with Crippen molar-refractivity contribution in [2.75, 3.05) is 4.90 Å². The molecule has 9 rings (SSSR count). The lowest BCUT2D eigenvalue weighted by Gasteiger charge is -2.26. The molecule has 0 saturated heterocycles. The van der Waals surface area contributed by atoms with E-state index in [1.54, 1.807) is 0 Å². The molecule has 1 atom stereocenters. The Morgan fingerprint density at radius 2 is 1.02 bits per heavy atom. The standard InChI is InChI=1S/C49H37N/c1-34-19-29-45-46-30-24-38-15-8-9-18-44(38)49(46)33-47(48(45)31-34)39-22-27-42(28-23-39)50(41-25-20-37(21-26-41)35-11-4-2-5-12-35)43-17-10-16-40(32-43)36-13-6-3-7-14-36/h2-18,20-34H,19H2,1H3. The summed E-state index contributed by atoms with van der Waals surface area (Å²) in [7, 11) is 0. The third kappa shape index (κ3) is 5.47. The van der Waals surface area contributed by atoms with E-state index in [1.165, 1.54) is 65.4 Å². The Labute approximate surface area is 293 Å². The van der Waals surface area contributed by atoms with Crippen molar-refractivity contribution in [2.45, 2.75) is 13.3 Å². The van der Waals surface area contributed by atoms with Gasteiger partial charge in [0.15, 0.2) is 0 Å². The lowest BCUT2D eigenvalue weighted by Crippen LogP contribution is -2.31. The number of rotatable bonds is 6. The monoisotopic (exact) mass is 639 g/mol. The van der Waals surface area contributed by atoms with Gasteiger partial charge in [-0.05, 0) is 120 Å². The molecule has 50 heavy (non-hydrogen) atoms. The summed E-state index contributed by atoms with van der Waals surface area (Å²) >= 11 is 0. The third-order valence-electron chi connectivity index (χ3n) is 10.2. The first-order valence-corrected chi connectivity index (χ1v) is 17.6. The molecule has 1 nitrogen and oxygen atoms in total. The van der Waals surface area contributed by atoms with Gasteiger partial charge in [0.05, 0.1) is 0 Å². The second-order valence-electron chi connectivity index (χ2n) is 13.4. The van der Waals surface area contributed by atoms with Gasteiger partial charge in [-0.2, -0.15) is 0 Å². The van der Waals surface area contributed by atoms with Crippen LogP contribution in [0.4, 0.5) is 17.1 Å². The summed E-state index contributed by atoms with van der Waals surface area (Å²) in [5.41, 5.74) is 10.7. The maximum absolute atomic E-state index is 2.48. The van der Waals surface area contributed by atoms with Gasteiger partial charge in [0.2, 0.25) is 0 Å². The van der Waals surface area contributed by atoms with Crippen molar-refractivity contribution in [2.24, 2.45) is 5.92 Å². The Morgan fingerprint density at radius 1 is 0.420 bits per heavy atom. The van der Waals surface area contributed by atoms with Crippen molar-refractivity contribution in [1.82, 2.24) is 0 Å². The molecule has 238 valence electrons. The van der Waals surface area contributed by atoms with Gasteiger partial charge >= 0.3 is 0 Å². The van der Waals surface area contributed by atoms with Crippen molar-refractivity contribution in [3.63, 3.8) is 0 Å². The fraction of sp³-hybridized carbons (Fsp3) is 0.0612. The topological polar surface area (TPSA) is 3.24 Å². The minimum atomic E-state index is 0.504. The van der Waals surface area contributed by atoms with Crippen molar-refractivity contribution in [3.05, 3.63) is 186 Å². The molecule has 0 amide bonds. The van der Waals surface area contributed by atoms with Crippen LogP contribution in [-0.4, -0.2) is 0 Å². The summed E-state index contributed by atoms with van der Waals surface area (Å²) in [6.07, 6.45) is 6.00. The highest BCUT2D eigenvalue weighted by atomic mass is 15.1. The molecule has 0 spiro atoms. The largest absolute Gasteiger partial charge is 0.310 e. The second-order valence-corrected chi connectivity index (χ2v) is 13.4.